The maximum atomic E-state index is 15.4. The summed E-state index contributed by atoms with van der Waals surface area (Å²) in [6, 6.07) is 69.9. The van der Waals surface area contributed by atoms with E-state index in [0.717, 1.165) is 62.1 Å². The lowest BCUT2D eigenvalue weighted by atomic mass is 9.77. The number of hydrogen-bond acceptors (Lipinski definition) is 7. The molecule has 428 valence electrons. The number of nitrogens with zero attached hydrogens (tertiary/aromatic N) is 1. The van der Waals surface area contributed by atoms with E-state index in [2.05, 4.69) is 26.6 Å². The number of amides is 6. The molecule has 0 aromatic heterocycles. The molecule has 6 amide bonds. The van der Waals surface area contributed by atoms with Crippen LogP contribution >= 0.6 is 0 Å². The van der Waals surface area contributed by atoms with Gasteiger partial charge in [-0.15, -0.1) is 0 Å². The van der Waals surface area contributed by atoms with Gasteiger partial charge >= 0.3 is 6.09 Å². The molecule has 2 atom stereocenters. The fraction of sp³-hybridized carbons (Fsp3) is 0.239. The van der Waals surface area contributed by atoms with Gasteiger partial charge in [0.2, 0.25) is 29.5 Å². The number of hydrogen-bond donors (Lipinski definition) is 5. The zero-order chi connectivity index (χ0) is 58.7. The summed E-state index contributed by atoms with van der Waals surface area (Å²) < 4.78 is 6.02. The SMILES string of the molecule is CCCNC(=O)CCCCCN(C)C(=O)[C@H](CC(=O)NC(c1ccccc1)(c1ccccc1)c1ccccc1)NC(=O)[C@H](CC(=O)NC(c1ccccc1)(c1ccccc1)c1ccccc1)NC(=O)OCC1c2ccccc2-c2ccccc21. The Bertz CT molecular complexity index is 3240. The third-order valence-electron chi connectivity index (χ3n) is 15.6. The first-order valence-corrected chi connectivity index (χ1v) is 28.9. The van der Waals surface area contributed by atoms with E-state index in [9.17, 15) is 9.59 Å². The molecule has 0 radical (unpaired) electrons. The molecule has 0 fully saturated rings. The van der Waals surface area contributed by atoms with Gasteiger partial charge in [-0.3, -0.25) is 24.0 Å². The molecule has 0 saturated heterocycles. The highest BCUT2D eigenvalue weighted by molar-refractivity contribution is 5.96. The highest BCUT2D eigenvalue weighted by Gasteiger charge is 2.42. The highest BCUT2D eigenvalue weighted by atomic mass is 16.5. The van der Waals surface area contributed by atoms with Crippen molar-refractivity contribution >= 4 is 35.6 Å². The van der Waals surface area contributed by atoms with Crippen LogP contribution in [0.3, 0.4) is 0 Å². The molecule has 13 heteroatoms. The van der Waals surface area contributed by atoms with E-state index >= 15 is 19.2 Å². The van der Waals surface area contributed by atoms with Crippen LogP contribution in [0.25, 0.3) is 11.1 Å². The summed E-state index contributed by atoms with van der Waals surface area (Å²) in [6.45, 7) is 2.76. The molecule has 84 heavy (non-hydrogen) atoms. The number of alkyl carbamates (subject to hydrolysis) is 1. The summed E-state index contributed by atoms with van der Waals surface area (Å²) in [7, 11) is 1.60. The lowest BCUT2D eigenvalue weighted by molar-refractivity contribution is -0.138. The molecule has 1 aliphatic carbocycles. The fourth-order valence-corrected chi connectivity index (χ4v) is 11.5. The average molecular weight is 1120 g/mol. The molecule has 0 aliphatic heterocycles. The predicted octanol–water partition coefficient (Wildman–Crippen LogP) is 10.9. The van der Waals surface area contributed by atoms with Crippen LogP contribution in [0.5, 0.6) is 0 Å². The number of carbonyl (C=O) groups is 6. The summed E-state index contributed by atoms with van der Waals surface area (Å²) in [5, 5.41) is 15.1. The van der Waals surface area contributed by atoms with Crippen molar-refractivity contribution in [3.63, 3.8) is 0 Å². The number of rotatable bonds is 26. The topological polar surface area (TPSA) is 175 Å². The minimum atomic E-state index is -1.64. The molecule has 0 unspecified atom stereocenters. The van der Waals surface area contributed by atoms with Crippen molar-refractivity contribution in [1.29, 1.82) is 0 Å². The molecule has 0 saturated carbocycles. The first-order chi connectivity index (χ1) is 41.0. The molecule has 0 heterocycles. The molecular formula is C71H72N6O7. The van der Waals surface area contributed by atoms with Crippen LogP contribution in [0.15, 0.2) is 231 Å². The molecule has 0 bridgehead atoms. The van der Waals surface area contributed by atoms with Gasteiger partial charge in [0.15, 0.2) is 0 Å². The smallest absolute Gasteiger partial charge is 0.407 e. The Morgan fingerprint density at radius 3 is 1.25 bits per heavy atom. The number of nitrogens with one attached hydrogen (secondary N) is 5. The second kappa shape index (κ2) is 28.4. The fourth-order valence-electron chi connectivity index (χ4n) is 11.5. The lowest BCUT2D eigenvalue weighted by Gasteiger charge is -2.37. The lowest BCUT2D eigenvalue weighted by Crippen LogP contribution is -2.57. The van der Waals surface area contributed by atoms with Gasteiger partial charge in [-0.2, -0.15) is 0 Å². The first-order valence-electron chi connectivity index (χ1n) is 28.9. The van der Waals surface area contributed by atoms with Crippen molar-refractivity contribution in [3.05, 3.63) is 275 Å². The summed E-state index contributed by atoms with van der Waals surface area (Å²) in [5.41, 5.74) is 5.93. The van der Waals surface area contributed by atoms with Gasteiger partial charge in [0, 0.05) is 32.5 Å². The number of ether oxygens (including phenoxy) is 1. The highest BCUT2D eigenvalue weighted by Crippen LogP contribution is 2.45. The third kappa shape index (κ3) is 13.8. The number of likely N-dealkylation sites (N-methyl/N-ethyl adjacent to an activating group) is 1. The van der Waals surface area contributed by atoms with Crippen molar-refractivity contribution < 1.29 is 33.5 Å². The van der Waals surface area contributed by atoms with E-state index in [1.807, 2.05) is 237 Å². The van der Waals surface area contributed by atoms with E-state index in [1.165, 1.54) is 4.90 Å². The van der Waals surface area contributed by atoms with Crippen LogP contribution in [0, 0.1) is 0 Å². The number of carbonyl (C=O) groups excluding carboxylic acids is 6. The van der Waals surface area contributed by atoms with E-state index in [1.54, 1.807) is 7.05 Å². The van der Waals surface area contributed by atoms with Crippen LogP contribution in [-0.2, 0) is 39.8 Å². The molecule has 8 aromatic rings. The van der Waals surface area contributed by atoms with Crippen LogP contribution in [0.4, 0.5) is 4.79 Å². The van der Waals surface area contributed by atoms with Gasteiger partial charge in [-0.1, -0.05) is 244 Å². The predicted molar refractivity (Wildman–Crippen MR) is 327 cm³/mol. The van der Waals surface area contributed by atoms with Crippen LogP contribution < -0.4 is 26.6 Å². The second-order valence-electron chi connectivity index (χ2n) is 21.2. The molecule has 13 nitrogen and oxygen atoms in total. The third-order valence-corrected chi connectivity index (χ3v) is 15.6. The van der Waals surface area contributed by atoms with Crippen LogP contribution in [0.1, 0.15) is 102 Å². The van der Waals surface area contributed by atoms with E-state index in [-0.39, 0.29) is 25.0 Å². The van der Waals surface area contributed by atoms with Crippen molar-refractivity contribution in [2.45, 2.75) is 80.9 Å². The van der Waals surface area contributed by atoms with Crippen LogP contribution in [-0.4, -0.2) is 79.4 Å². The number of unbranched alkanes of at least 4 members (excludes halogenated alkanes) is 2. The quantitative estimate of drug-likeness (QED) is 0.0265. The summed E-state index contributed by atoms with van der Waals surface area (Å²) in [5.74, 6) is -3.02. The molecule has 8 aromatic carbocycles. The molecular weight excluding hydrogens is 1050 g/mol. The normalized spacial score (nSPS) is 12.5. The summed E-state index contributed by atoms with van der Waals surface area (Å²) in [6.07, 6.45) is 0.834. The Balaban J connectivity index is 1.05. The van der Waals surface area contributed by atoms with Crippen molar-refractivity contribution in [2.75, 3.05) is 26.7 Å². The first kappa shape index (κ1) is 59.0. The van der Waals surface area contributed by atoms with Crippen molar-refractivity contribution in [3.8, 4) is 11.1 Å². The minimum Gasteiger partial charge on any atom is -0.449 e. The molecule has 0 spiro atoms. The maximum Gasteiger partial charge on any atom is 0.407 e. The van der Waals surface area contributed by atoms with Gasteiger partial charge in [-0.05, 0) is 74.9 Å². The standard InChI is InChI=1S/C71H72N6O7/c1-3-46-72-64(78)45-23-10-28-47-77(2)68(82)63(49-66(80)76-71(54-35-17-7-18-36-54,55-37-19-8-20-38-55)56-39-21-9-22-40-56)73-67(81)62(74-69(83)84-50-61-59-43-26-24-41-57(59)58-42-25-27-44-60(58)61)48-65(79)75-70(51-29-11-4-12-30-51,52-31-13-5-14-32-52)53-33-15-6-16-34-53/h4-9,11-22,24-27,29-44,61-63H,3,10,23,28,45-50H2,1-2H3,(H,72,78)(H,73,81)(H,74,83)(H,75,79)(H,76,80)/t62-,63-/m0/s1. The van der Waals surface area contributed by atoms with Crippen LogP contribution in [0.2, 0.25) is 0 Å². The number of fused-ring (bicyclic) bond motifs is 3. The van der Waals surface area contributed by atoms with E-state index in [0.29, 0.717) is 32.2 Å². The van der Waals surface area contributed by atoms with Crippen molar-refractivity contribution in [2.24, 2.45) is 0 Å². The van der Waals surface area contributed by atoms with E-state index < -0.39 is 65.7 Å². The van der Waals surface area contributed by atoms with Gasteiger partial charge < -0.3 is 36.2 Å². The summed E-state index contributed by atoms with van der Waals surface area (Å²) in [4.78, 5) is 89.0. The summed E-state index contributed by atoms with van der Waals surface area (Å²) >= 11 is 0. The Labute approximate surface area is 492 Å². The maximum absolute atomic E-state index is 15.4. The van der Waals surface area contributed by atoms with Gasteiger partial charge in [0.05, 0.1) is 12.8 Å². The monoisotopic (exact) mass is 1120 g/mol. The Kier molecular flexibility index (Phi) is 19.9. The van der Waals surface area contributed by atoms with Crippen molar-refractivity contribution in [1.82, 2.24) is 31.5 Å². The second-order valence-corrected chi connectivity index (χ2v) is 21.2. The van der Waals surface area contributed by atoms with Gasteiger partial charge in [0.1, 0.15) is 29.8 Å². The Hall–Kier alpha value is -9.62. The minimum absolute atomic E-state index is 0.0338. The molecule has 5 N–H and O–H groups in total. The zero-order valence-corrected chi connectivity index (χ0v) is 47.5. The molecule has 1 aliphatic rings. The largest absolute Gasteiger partial charge is 0.449 e. The van der Waals surface area contributed by atoms with Gasteiger partial charge in [-0.25, -0.2) is 4.79 Å². The van der Waals surface area contributed by atoms with E-state index in [4.69, 9.17) is 4.74 Å². The van der Waals surface area contributed by atoms with Gasteiger partial charge in [0.25, 0.3) is 0 Å². The Morgan fingerprint density at radius 1 is 0.464 bits per heavy atom. The Morgan fingerprint density at radius 2 is 0.845 bits per heavy atom. The molecule has 9 rings (SSSR count). The average Bonchev–Trinajstić information content (AvgIpc) is 1.29. The number of benzene rings is 8. The zero-order valence-electron chi connectivity index (χ0n) is 47.5.